The molecule has 1 atom stereocenters. The Labute approximate surface area is 179 Å². The topological polar surface area (TPSA) is 193 Å². The van der Waals surface area contributed by atoms with E-state index in [2.05, 4.69) is 10.1 Å². The minimum atomic E-state index is -1.50. The molecule has 2 aromatic rings. The molecule has 162 valence electrons. The van der Waals surface area contributed by atoms with Gasteiger partial charge in [-0.25, -0.2) is 9.78 Å². The van der Waals surface area contributed by atoms with Crippen molar-refractivity contribution in [2.45, 2.75) is 31.5 Å². The molecule has 0 radical (unpaired) electrons. The second-order valence-electron chi connectivity index (χ2n) is 6.91. The molecule has 0 unspecified atom stereocenters. The Morgan fingerprint density at radius 1 is 1.32 bits per heavy atom. The third kappa shape index (κ3) is 4.83. The largest absolute Gasteiger partial charge is 0.535 e. The Morgan fingerprint density at radius 2 is 2.06 bits per heavy atom. The summed E-state index contributed by atoms with van der Waals surface area (Å²) in [5, 5.41) is 42.7. The number of rotatable bonds is 8. The minimum Gasteiger partial charge on any atom is -0.535 e. The Hall–Kier alpha value is -3.45. The number of ketones is 1. The first-order valence-corrected chi connectivity index (χ1v) is 10.00. The smallest absolute Gasteiger partial charge is 0.526 e. The zero-order chi connectivity index (χ0) is 22.7. The number of carbonyl (C=O) groups is 3. The number of anilines is 1. The second-order valence-corrected chi connectivity index (χ2v) is 7.80. The highest BCUT2D eigenvalue weighted by atomic mass is 32.1. The summed E-state index contributed by atoms with van der Waals surface area (Å²) in [7, 11) is -1.50. The van der Waals surface area contributed by atoms with Crippen molar-refractivity contribution in [1.82, 2.24) is 4.98 Å². The number of thiazole rings is 1. The van der Waals surface area contributed by atoms with Gasteiger partial charge in [-0.15, -0.1) is 11.3 Å². The van der Waals surface area contributed by atoms with Crippen LogP contribution in [0.4, 0.5) is 5.13 Å². The number of aryl methyl sites for hydroxylation is 1. The third-order valence-electron chi connectivity index (χ3n) is 4.85. The van der Waals surface area contributed by atoms with Crippen LogP contribution < -0.4 is 10.4 Å². The van der Waals surface area contributed by atoms with E-state index in [0.717, 1.165) is 11.3 Å². The van der Waals surface area contributed by atoms with Crippen LogP contribution in [0.15, 0.2) is 22.7 Å². The van der Waals surface area contributed by atoms with Crippen molar-refractivity contribution in [2.75, 3.05) is 5.73 Å². The molecule has 2 heterocycles. The molecule has 0 amide bonds. The molecule has 3 rings (SSSR count). The molecule has 0 saturated heterocycles. The number of Topliss-reactive ketones (excluding diaryl/α,β-unsaturated/α-hetero) is 1. The fourth-order valence-corrected chi connectivity index (χ4v) is 3.95. The molecule has 1 aromatic heterocycles. The van der Waals surface area contributed by atoms with E-state index >= 15 is 0 Å². The van der Waals surface area contributed by atoms with Crippen LogP contribution in [0.5, 0.6) is 5.75 Å². The number of carboxylic acids is 2. The third-order valence-corrected chi connectivity index (χ3v) is 5.52. The molecular formula is C18H18BN3O8S. The quantitative estimate of drug-likeness (QED) is 0.169. The van der Waals surface area contributed by atoms with Crippen LogP contribution >= 0.6 is 11.3 Å². The molecule has 1 aliphatic rings. The van der Waals surface area contributed by atoms with Crippen molar-refractivity contribution < 1.29 is 39.5 Å². The van der Waals surface area contributed by atoms with E-state index in [1.807, 2.05) is 0 Å². The Morgan fingerprint density at radius 3 is 2.65 bits per heavy atom. The molecule has 0 spiro atoms. The van der Waals surface area contributed by atoms with E-state index in [-0.39, 0.29) is 59.1 Å². The molecule has 31 heavy (non-hydrogen) atoms. The zero-order valence-corrected chi connectivity index (χ0v) is 16.8. The summed E-state index contributed by atoms with van der Waals surface area (Å²) in [6.45, 7) is 0. The van der Waals surface area contributed by atoms with Crippen LogP contribution in [-0.4, -0.2) is 56.0 Å². The van der Waals surface area contributed by atoms with Crippen molar-refractivity contribution >= 4 is 47.0 Å². The zero-order valence-electron chi connectivity index (χ0n) is 16.0. The van der Waals surface area contributed by atoms with Gasteiger partial charge < -0.3 is 30.8 Å². The van der Waals surface area contributed by atoms with Crippen LogP contribution in [0.1, 0.15) is 40.0 Å². The number of hydrogen-bond acceptors (Lipinski definition) is 10. The predicted octanol–water partition coefficient (Wildman–Crippen LogP) is 1.06. The number of aliphatic carboxylic acids is 1. The maximum absolute atomic E-state index is 12.6. The average molecular weight is 447 g/mol. The summed E-state index contributed by atoms with van der Waals surface area (Å²) >= 11 is 1.07. The molecular weight excluding hydrogens is 429 g/mol. The van der Waals surface area contributed by atoms with Crippen molar-refractivity contribution in [3.63, 3.8) is 0 Å². The normalized spacial score (nSPS) is 15.8. The monoisotopic (exact) mass is 447 g/mol. The summed E-state index contributed by atoms with van der Waals surface area (Å²) in [5.41, 5.74) is 5.86. The number of oxime groups is 1. The molecule has 1 aromatic carbocycles. The van der Waals surface area contributed by atoms with Crippen molar-refractivity contribution in [1.29, 1.82) is 0 Å². The van der Waals surface area contributed by atoms with Crippen LogP contribution in [0, 0.1) is 0 Å². The van der Waals surface area contributed by atoms with Crippen molar-refractivity contribution in [3.05, 3.63) is 39.9 Å². The maximum atomic E-state index is 12.6. The lowest BCUT2D eigenvalue weighted by Gasteiger charge is -2.29. The predicted molar refractivity (Wildman–Crippen MR) is 110 cm³/mol. The summed E-state index contributed by atoms with van der Waals surface area (Å²) in [5.74, 6) is -3.76. The lowest BCUT2D eigenvalue weighted by atomic mass is 9.64. The summed E-state index contributed by atoms with van der Waals surface area (Å²) in [4.78, 5) is 39.1. The first-order chi connectivity index (χ1) is 14.7. The molecule has 6 N–H and O–H groups in total. The number of aromatic nitrogens is 1. The van der Waals surface area contributed by atoms with Gasteiger partial charge in [-0.05, 0) is 24.0 Å². The lowest BCUT2D eigenvalue weighted by Crippen LogP contribution is -2.37. The van der Waals surface area contributed by atoms with Gasteiger partial charge in [0.2, 0.25) is 0 Å². The molecule has 11 nitrogen and oxygen atoms in total. The van der Waals surface area contributed by atoms with Crippen molar-refractivity contribution in [2.24, 2.45) is 5.16 Å². The highest BCUT2D eigenvalue weighted by Gasteiger charge is 2.39. The minimum absolute atomic E-state index is 0.0152. The van der Waals surface area contributed by atoms with Gasteiger partial charge in [0.25, 0.3) is 0 Å². The Balaban J connectivity index is 1.83. The number of nitrogens with two attached hydrogens (primary N) is 1. The van der Waals surface area contributed by atoms with Gasteiger partial charge in [0, 0.05) is 24.0 Å². The fraction of sp³-hybridized carbons (Fsp3) is 0.278. The number of carbonyl (C=O) groups excluding carboxylic acids is 1. The first kappa shape index (κ1) is 22.2. The molecule has 13 heteroatoms. The number of carboxylic acid groups (broad SMARTS) is 2. The number of nitrogens with zero attached hydrogens (tertiary/aromatic N) is 2. The van der Waals surface area contributed by atoms with Crippen LogP contribution in [0.2, 0.25) is 5.82 Å². The number of nitrogen functional groups attached to an aromatic ring is 1. The molecule has 1 aliphatic heterocycles. The van der Waals surface area contributed by atoms with E-state index in [4.69, 9.17) is 15.5 Å². The van der Waals surface area contributed by atoms with E-state index in [9.17, 15) is 29.7 Å². The SMILES string of the molecule is Nc1nc(/C(=N/O)C(=O)C[C@H]2Cc3ccc(CCC(=O)O)c(C(=O)O)c3OB2O)cs1. The highest BCUT2D eigenvalue weighted by Crippen LogP contribution is 2.38. The molecule has 0 saturated carbocycles. The maximum Gasteiger partial charge on any atom is 0.526 e. The van der Waals surface area contributed by atoms with Crippen molar-refractivity contribution in [3.8, 4) is 5.75 Å². The van der Waals surface area contributed by atoms with E-state index in [1.165, 1.54) is 11.4 Å². The summed E-state index contributed by atoms with van der Waals surface area (Å²) in [6, 6.07) is 3.09. The molecule has 0 aliphatic carbocycles. The molecule has 0 fully saturated rings. The van der Waals surface area contributed by atoms with Gasteiger partial charge in [-0.2, -0.15) is 0 Å². The van der Waals surface area contributed by atoms with Gasteiger partial charge in [0.1, 0.15) is 17.0 Å². The standard InChI is InChI=1S/C18H18BN3O8S/c20-18-21-11(7-31-18)15(22-29)12(23)6-10-5-9-2-1-8(3-4-13(24)25)14(17(26)27)16(9)30-19(10)28/h1-2,7,10,28-29H,3-6H2,(H2,20,21)(H,24,25)(H,26,27)/b22-15-/t10-/m1/s1. The van der Waals surface area contributed by atoms with Gasteiger partial charge >= 0.3 is 19.1 Å². The lowest BCUT2D eigenvalue weighted by molar-refractivity contribution is -0.137. The number of fused-ring (bicyclic) bond motifs is 1. The average Bonchev–Trinajstić information content (AvgIpc) is 3.12. The van der Waals surface area contributed by atoms with Crippen LogP contribution in [0.25, 0.3) is 0 Å². The van der Waals surface area contributed by atoms with E-state index < -0.39 is 30.7 Å². The number of hydrogen-bond donors (Lipinski definition) is 5. The first-order valence-electron chi connectivity index (χ1n) is 9.12. The van der Waals surface area contributed by atoms with Gasteiger partial charge in [-0.3, -0.25) is 9.59 Å². The fourth-order valence-electron chi connectivity index (χ4n) is 3.40. The van der Waals surface area contributed by atoms with Crippen LogP contribution in [-0.2, 0) is 22.4 Å². The second kappa shape index (κ2) is 9.14. The Bertz CT molecular complexity index is 1070. The number of aromatic carboxylic acids is 1. The highest BCUT2D eigenvalue weighted by molar-refractivity contribution is 7.13. The summed E-state index contributed by atoms with van der Waals surface area (Å²) in [6.07, 6.45) is -0.401. The summed E-state index contributed by atoms with van der Waals surface area (Å²) < 4.78 is 5.45. The van der Waals surface area contributed by atoms with E-state index in [0.29, 0.717) is 5.56 Å². The van der Waals surface area contributed by atoms with Gasteiger partial charge in [0.05, 0.1) is 0 Å². The van der Waals surface area contributed by atoms with Gasteiger partial charge in [0.15, 0.2) is 16.6 Å². The molecule has 0 bridgehead atoms. The van der Waals surface area contributed by atoms with Crippen LogP contribution in [0.3, 0.4) is 0 Å². The Kier molecular flexibility index (Phi) is 6.56. The van der Waals surface area contributed by atoms with Gasteiger partial charge in [-0.1, -0.05) is 17.3 Å². The number of benzene rings is 1. The van der Waals surface area contributed by atoms with E-state index in [1.54, 1.807) is 6.07 Å².